The second-order valence-electron chi connectivity index (χ2n) is 2.77. The van der Waals surface area contributed by atoms with E-state index in [-0.39, 0.29) is 5.78 Å². The van der Waals surface area contributed by atoms with Crippen LogP contribution in [0.2, 0.25) is 0 Å². The molecule has 0 aliphatic heterocycles. The minimum Gasteiger partial charge on any atom is -0.313 e. The summed E-state index contributed by atoms with van der Waals surface area (Å²) in [6.07, 6.45) is 1.97. The molecule has 14 heavy (non-hydrogen) atoms. The molecular formula is C10H12BrNOS. The summed E-state index contributed by atoms with van der Waals surface area (Å²) < 4.78 is 0.865. The van der Waals surface area contributed by atoms with Gasteiger partial charge in [-0.2, -0.15) is 0 Å². The molecular weight excluding hydrogens is 262 g/mol. The molecule has 0 fully saturated rings. The lowest BCUT2D eigenvalue weighted by Gasteiger charge is -2.07. The number of nitrogens with one attached hydrogen (secondary N) is 1. The number of hydrogen-bond donors (Lipinski definition) is 1. The van der Waals surface area contributed by atoms with E-state index < -0.39 is 0 Å². The number of rotatable bonds is 4. The number of halogens is 1. The van der Waals surface area contributed by atoms with Crippen molar-refractivity contribution in [2.45, 2.75) is 4.90 Å². The maximum atomic E-state index is 11.7. The van der Waals surface area contributed by atoms with Crippen molar-refractivity contribution in [3.8, 4) is 0 Å². The molecule has 0 unspecified atom stereocenters. The monoisotopic (exact) mass is 273 g/mol. The highest BCUT2D eigenvalue weighted by molar-refractivity contribution is 9.10. The Labute approximate surface area is 96.6 Å². The maximum Gasteiger partial charge on any atom is 0.178 e. The fraction of sp³-hybridized carbons (Fsp3) is 0.300. The van der Waals surface area contributed by atoms with E-state index in [4.69, 9.17) is 0 Å². The zero-order chi connectivity index (χ0) is 10.6. The van der Waals surface area contributed by atoms with Crippen molar-refractivity contribution in [2.24, 2.45) is 0 Å². The molecule has 0 saturated carbocycles. The van der Waals surface area contributed by atoms with Crippen molar-refractivity contribution < 1.29 is 4.79 Å². The lowest BCUT2D eigenvalue weighted by atomic mass is 10.1. The van der Waals surface area contributed by atoms with Gasteiger partial charge in [0.1, 0.15) is 0 Å². The van der Waals surface area contributed by atoms with Gasteiger partial charge in [-0.15, -0.1) is 11.8 Å². The van der Waals surface area contributed by atoms with Crippen LogP contribution in [0.1, 0.15) is 10.4 Å². The number of thioether (sulfide) groups is 1. The summed E-state index contributed by atoms with van der Waals surface area (Å²) in [5, 5.41) is 2.86. The third kappa shape index (κ3) is 2.59. The Bertz CT molecular complexity index is 341. The molecule has 1 aromatic carbocycles. The first kappa shape index (κ1) is 11.8. The molecule has 0 amide bonds. The zero-order valence-electron chi connectivity index (χ0n) is 8.13. The molecule has 76 valence electrons. The predicted octanol–water partition coefficient (Wildman–Crippen LogP) is 2.57. The third-order valence-electron chi connectivity index (χ3n) is 1.81. The van der Waals surface area contributed by atoms with E-state index in [2.05, 4.69) is 21.2 Å². The van der Waals surface area contributed by atoms with E-state index >= 15 is 0 Å². The van der Waals surface area contributed by atoms with Crippen molar-refractivity contribution in [3.05, 3.63) is 28.2 Å². The summed E-state index contributed by atoms with van der Waals surface area (Å²) in [6.45, 7) is 0.371. The average molecular weight is 274 g/mol. The molecule has 0 aliphatic rings. The van der Waals surface area contributed by atoms with Crippen LogP contribution in [0, 0.1) is 0 Å². The van der Waals surface area contributed by atoms with Gasteiger partial charge in [-0.05, 0) is 25.4 Å². The van der Waals surface area contributed by atoms with Crippen molar-refractivity contribution in [2.75, 3.05) is 19.8 Å². The molecule has 1 N–H and O–H groups in total. The molecule has 0 bridgehead atoms. The van der Waals surface area contributed by atoms with Crippen LogP contribution in [0.25, 0.3) is 0 Å². The molecule has 0 heterocycles. The van der Waals surface area contributed by atoms with E-state index in [0.717, 1.165) is 14.9 Å². The van der Waals surface area contributed by atoms with Crippen molar-refractivity contribution >= 4 is 33.5 Å². The number of benzene rings is 1. The summed E-state index contributed by atoms with van der Waals surface area (Å²) in [6, 6.07) is 5.78. The Morgan fingerprint density at radius 1 is 1.57 bits per heavy atom. The SMILES string of the molecule is CNCC(=O)c1c(Br)cccc1SC. The molecule has 0 spiro atoms. The van der Waals surface area contributed by atoms with E-state index in [1.54, 1.807) is 18.8 Å². The zero-order valence-corrected chi connectivity index (χ0v) is 10.5. The molecule has 1 aromatic rings. The van der Waals surface area contributed by atoms with Gasteiger partial charge in [0.2, 0.25) is 0 Å². The number of likely N-dealkylation sites (N-methyl/N-ethyl adjacent to an activating group) is 1. The highest BCUT2D eigenvalue weighted by atomic mass is 79.9. The minimum absolute atomic E-state index is 0.115. The smallest absolute Gasteiger partial charge is 0.178 e. The topological polar surface area (TPSA) is 29.1 Å². The molecule has 0 aliphatic carbocycles. The van der Waals surface area contributed by atoms with Gasteiger partial charge in [0, 0.05) is 14.9 Å². The standard InChI is InChI=1S/C10H12BrNOS/c1-12-6-8(13)10-7(11)4-3-5-9(10)14-2/h3-5,12H,6H2,1-2H3. The Morgan fingerprint density at radius 3 is 2.86 bits per heavy atom. The Kier molecular flexibility index (Phi) is 4.65. The fourth-order valence-electron chi connectivity index (χ4n) is 1.19. The van der Waals surface area contributed by atoms with E-state index in [1.165, 1.54) is 0 Å². The molecule has 0 atom stereocenters. The Morgan fingerprint density at radius 2 is 2.29 bits per heavy atom. The van der Waals surface area contributed by atoms with Crippen LogP contribution in [-0.4, -0.2) is 25.6 Å². The first-order valence-electron chi connectivity index (χ1n) is 4.21. The summed E-state index contributed by atoms with van der Waals surface area (Å²) in [7, 11) is 1.77. The molecule has 1 rings (SSSR count). The van der Waals surface area contributed by atoms with Crippen LogP contribution in [0.5, 0.6) is 0 Å². The van der Waals surface area contributed by atoms with Gasteiger partial charge in [-0.25, -0.2) is 0 Å². The van der Waals surface area contributed by atoms with Gasteiger partial charge in [0.25, 0.3) is 0 Å². The van der Waals surface area contributed by atoms with Crippen LogP contribution >= 0.6 is 27.7 Å². The summed E-state index contributed by atoms with van der Waals surface area (Å²) in [4.78, 5) is 12.8. The van der Waals surface area contributed by atoms with E-state index in [1.807, 2.05) is 24.5 Å². The van der Waals surface area contributed by atoms with E-state index in [9.17, 15) is 4.79 Å². The lowest BCUT2D eigenvalue weighted by molar-refractivity contribution is 0.0990. The Balaban J connectivity index is 3.10. The summed E-state index contributed by atoms with van der Waals surface area (Å²) in [5.74, 6) is 0.115. The average Bonchev–Trinajstić information content (AvgIpc) is 2.17. The summed E-state index contributed by atoms with van der Waals surface area (Å²) >= 11 is 4.98. The van der Waals surface area contributed by atoms with Crippen LogP contribution < -0.4 is 5.32 Å². The normalized spacial score (nSPS) is 10.2. The van der Waals surface area contributed by atoms with Gasteiger partial charge < -0.3 is 5.32 Å². The second-order valence-corrected chi connectivity index (χ2v) is 4.47. The van der Waals surface area contributed by atoms with Gasteiger partial charge in [-0.1, -0.05) is 22.0 Å². The maximum absolute atomic E-state index is 11.7. The van der Waals surface area contributed by atoms with Crippen molar-refractivity contribution in [1.29, 1.82) is 0 Å². The minimum atomic E-state index is 0.115. The number of carbonyl (C=O) groups is 1. The second kappa shape index (κ2) is 5.53. The Hall–Kier alpha value is -0.320. The molecule has 0 radical (unpaired) electrons. The van der Waals surface area contributed by atoms with Gasteiger partial charge in [-0.3, -0.25) is 4.79 Å². The van der Waals surface area contributed by atoms with Crippen molar-refractivity contribution in [3.63, 3.8) is 0 Å². The first-order valence-corrected chi connectivity index (χ1v) is 6.22. The van der Waals surface area contributed by atoms with Gasteiger partial charge in [0.05, 0.1) is 6.54 Å². The largest absolute Gasteiger partial charge is 0.313 e. The third-order valence-corrected chi connectivity index (χ3v) is 3.25. The van der Waals surface area contributed by atoms with Gasteiger partial charge >= 0.3 is 0 Å². The molecule has 2 nitrogen and oxygen atoms in total. The molecule has 0 saturated heterocycles. The van der Waals surface area contributed by atoms with Crippen molar-refractivity contribution in [1.82, 2.24) is 5.32 Å². The first-order chi connectivity index (χ1) is 6.70. The molecule has 4 heteroatoms. The van der Waals surface area contributed by atoms with E-state index in [0.29, 0.717) is 6.54 Å². The summed E-state index contributed by atoms with van der Waals surface area (Å²) in [5.41, 5.74) is 0.773. The number of ketones is 1. The number of Topliss-reactive ketones (excluding diaryl/α,β-unsaturated/α-hetero) is 1. The fourth-order valence-corrected chi connectivity index (χ4v) is 2.56. The van der Waals surface area contributed by atoms with Crippen LogP contribution in [0.3, 0.4) is 0 Å². The van der Waals surface area contributed by atoms with Crippen LogP contribution in [-0.2, 0) is 0 Å². The highest BCUT2D eigenvalue weighted by Crippen LogP contribution is 2.27. The van der Waals surface area contributed by atoms with Gasteiger partial charge in [0.15, 0.2) is 5.78 Å². The highest BCUT2D eigenvalue weighted by Gasteiger charge is 2.13. The number of hydrogen-bond acceptors (Lipinski definition) is 3. The van der Waals surface area contributed by atoms with Crippen LogP contribution in [0.15, 0.2) is 27.6 Å². The number of carbonyl (C=O) groups excluding carboxylic acids is 1. The van der Waals surface area contributed by atoms with Crippen LogP contribution in [0.4, 0.5) is 0 Å². The lowest BCUT2D eigenvalue weighted by Crippen LogP contribution is -2.19. The quantitative estimate of drug-likeness (QED) is 0.676. The predicted molar refractivity (Wildman–Crippen MR) is 64.2 cm³/mol. The molecule has 0 aromatic heterocycles.